The minimum absolute atomic E-state index is 0.470. The maximum Gasteiger partial charge on any atom is 0.161 e. The van der Waals surface area contributed by atoms with Crippen molar-refractivity contribution >= 4 is 22.7 Å². The summed E-state index contributed by atoms with van der Waals surface area (Å²) in [6.45, 7) is 7.36. The van der Waals surface area contributed by atoms with Crippen LogP contribution in [0.1, 0.15) is 50.1 Å². The highest BCUT2D eigenvalue weighted by atomic mass is 16.5. The molecule has 29 heavy (non-hydrogen) atoms. The van der Waals surface area contributed by atoms with Crippen LogP contribution in [0.25, 0.3) is 22.7 Å². The predicted molar refractivity (Wildman–Crippen MR) is 117 cm³/mol. The van der Waals surface area contributed by atoms with Crippen molar-refractivity contribution < 1.29 is 9.47 Å². The van der Waals surface area contributed by atoms with Crippen molar-refractivity contribution in [1.29, 1.82) is 5.26 Å². The van der Waals surface area contributed by atoms with Gasteiger partial charge < -0.3 is 14.5 Å². The number of nitrogens with one attached hydrogen (secondary N) is 1. The molecule has 3 rings (SSSR count). The molecule has 0 bridgehead atoms. The number of imidazole rings is 1. The predicted octanol–water partition coefficient (Wildman–Crippen LogP) is 5.90. The number of hydrogen-bond acceptors (Lipinski definition) is 4. The summed E-state index contributed by atoms with van der Waals surface area (Å²) in [5, 5.41) is 9.68. The Balaban J connectivity index is 1.87. The first-order valence-corrected chi connectivity index (χ1v) is 10.1. The Hall–Kier alpha value is -3.26. The van der Waals surface area contributed by atoms with Crippen molar-refractivity contribution in [2.45, 2.75) is 40.0 Å². The van der Waals surface area contributed by atoms with E-state index in [-0.39, 0.29) is 0 Å². The number of ether oxygens (including phenoxy) is 2. The molecular formula is C24H27N3O2. The average Bonchev–Trinajstić information content (AvgIpc) is 3.13. The lowest BCUT2D eigenvalue weighted by molar-refractivity contribution is 0.271. The molecule has 2 aromatic carbocycles. The molecular weight excluding hydrogens is 362 g/mol. The van der Waals surface area contributed by atoms with E-state index in [0.717, 1.165) is 47.2 Å². The Labute approximate surface area is 172 Å². The van der Waals surface area contributed by atoms with Crippen LogP contribution >= 0.6 is 0 Å². The maximum absolute atomic E-state index is 9.68. The number of nitriles is 1. The van der Waals surface area contributed by atoms with Gasteiger partial charge in [0.2, 0.25) is 0 Å². The molecule has 0 saturated heterocycles. The van der Waals surface area contributed by atoms with Gasteiger partial charge in [0.1, 0.15) is 11.9 Å². The number of H-pyrrole nitrogens is 1. The maximum atomic E-state index is 9.68. The molecule has 150 valence electrons. The van der Waals surface area contributed by atoms with Gasteiger partial charge in [-0.3, -0.25) is 0 Å². The Kier molecular flexibility index (Phi) is 6.91. The number of unbranched alkanes of at least 4 members (excludes halogenated alkanes) is 2. The number of rotatable bonds is 9. The summed E-state index contributed by atoms with van der Waals surface area (Å²) >= 11 is 0. The summed E-state index contributed by atoms with van der Waals surface area (Å²) < 4.78 is 11.6. The van der Waals surface area contributed by atoms with Gasteiger partial charge in [-0.25, -0.2) is 4.98 Å². The summed E-state index contributed by atoms with van der Waals surface area (Å²) in [5.41, 5.74) is 4.25. The Morgan fingerprint density at radius 3 is 2.72 bits per heavy atom. The zero-order valence-corrected chi connectivity index (χ0v) is 17.3. The number of nitrogens with zero attached hydrogens (tertiary/aromatic N) is 2. The van der Waals surface area contributed by atoms with E-state index in [1.54, 1.807) is 0 Å². The lowest BCUT2D eigenvalue weighted by atomic mass is 10.1. The third-order valence-corrected chi connectivity index (χ3v) is 4.60. The summed E-state index contributed by atoms with van der Waals surface area (Å²) in [5.74, 6) is 1.99. The smallest absolute Gasteiger partial charge is 0.161 e. The molecule has 0 spiro atoms. The van der Waals surface area contributed by atoms with E-state index in [9.17, 15) is 5.26 Å². The first-order chi connectivity index (χ1) is 14.1. The van der Waals surface area contributed by atoms with E-state index in [4.69, 9.17) is 9.47 Å². The van der Waals surface area contributed by atoms with Crippen LogP contribution in [0, 0.1) is 18.3 Å². The summed E-state index contributed by atoms with van der Waals surface area (Å²) in [7, 11) is 0. The summed E-state index contributed by atoms with van der Waals surface area (Å²) in [6, 6.07) is 14.0. The molecule has 0 aliphatic rings. The van der Waals surface area contributed by atoms with Crippen LogP contribution in [-0.4, -0.2) is 23.2 Å². The Bertz CT molecular complexity index is 1040. The molecule has 1 heterocycles. The van der Waals surface area contributed by atoms with Crippen LogP contribution in [0.4, 0.5) is 0 Å². The summed E-state index contributed by atoms with van der Waals surface area (Å²) in [4.78, 5) is 7.79. The third-order valence-electron chi connectivity index (χ3n) is 4.60. The first-order valence-electron chi connectivity index (χ1n) is 10.1. The SMILES string of the molecule is CCCCCOc1ccc(/C=C(/C#N)c2nc3ccc(C)cc3[nH]2)cc1OCC. The van der Waals surface area contributed by atoms with Gasteiger partial charge >= 0.3 is 0 Å². The highest BCUT2D eigenvalue weighted by Crippen LogP contribution is 2.30. The number of benzene rings is 2. The molecule has 5 heteroatoms. The van der Waals surface area contributed by atoms with Crippen LogP contribution in [0.3, 0.4) is 0 Å². The second-order valence-corrected chi connectivity index (χ2v) is 6.97. The number of aryl methyl sites for hydroxylation is 1. The van der Waals surface area contributed by atoms with Crippen molar-refractivity contribution in [2.75, 3.05) is 13.2 Å². The molecule has 3 aromatic rings. The highest BCUT2D eigenvalue weighted by molar-refractivity contribution is 5.90. The minimum atomic E-state index is 0.470. The van der Waals surface area contributed by atoms with Gasteiger partial charge in [-0.2, -0.15) is 5.26 Å². The highest BCUT2D eigenvalue weighted by Gasteiger charge is 2.10. The number of allylic oxidation sites excluding steroid dienone is 1. The van der Waals surface area contributed by atoms with E-state index in [1.807, 2.05) is 56.3 Å². The van der Waals surface area contributed by atoms with Crippen molar-refractivity contribution in [3.05, 3.63) is 53.3 Å². The van der Waals surface area contributed by atoms with Crippen LogP contribution in [-0.2, 0) is 0 Å². The molecule has 0 unspecified atom stereocenters. The normalized spacial score (nSPS) is 11.4. The summed E-state index contributed by atoms with van der Waals surface area (Å²) in [6.07, 6.45) is 5.14. The molecule has 0 aliphatic carbocycles. The monoisotopic (exact) mass is 389 g/mol. The van der Waals surface area contributed by atoms with E-state index in [1.165, 1.54) is 0 Å². The van der Waals surface area contributed by atoms with Crippen LogP contribution in [0.15, 0.2) is 36.4 Å². The van der Waals surface area contributed by atoms with Crippen molar-refractivity contribution in [2.24, 2.45) is 0 Å². The van der Waals surface area contributed by atoms with E-state index < -0.39 is 0 Å². The van der Waals surface area contributed by atoms with E-state index >= 15 is 0 Å². The number of aromatic amines is 1. The fourth-order valence-corrected chi connectivity index (χ4v) is 3.11. The fraction of sp³-hybridized carbons (Fsp3) is 0.333. The zero-order valence-electron chi connectivity index (χ0n) is 17.3. The standard InChI is InChI=1S/C24H27N3O2/c1-4-6-7-12-29-22-11-9-18(15-23(22)28-5-2)14-19(16-25)24-26-20-10-8-17(3)13-21(20)27-24/h8-11,13-15H,4-7,12H2,1-3H3,(H,26,27)/b19-14-. The number of aromatic nitrogens is 2. The van der Waals surface area contributed by atoms with Gasteiger partial charge in [-0.1, -0.05) is 31.9 Å². The average molecular weight is 389 g/mol. The van der Waals surface area contributed by atoms with Crippen molar-refractivity contribution in [1.82, 2.24) is 9.97 Å². The van der Waals surface area contributed by atoms with Crippen LogP contribution in [0.2, 0.25) is 0 Å². The zero-order chi connectivity index (χ0) is 20.6. The molecule has 5 nitrogen and oxygen atoms in total. The quantitative estimate of drug-likeness (QED) is 0.365. The van der Waals surface area contributed by atoms with Gasteiger partial charge in [0.25, 0.3) is 0 Å². The van der Waals surface area contributed by atoms with Gasteiger partial charge in [-0.05, 0) is 61.7 Å². The van der Waals surface area contributed by atoms with Crippen molar-refractivity contribution in [3.63, 3.8) is 0 Å². The van der Waals surface area contributed by atoms with Gasteiger partial charge in [0.15, 0.2) is 11.5 Å². The molecule has 1 aromatic heterocycles. The third kappa shape index (κ3) is 5.17. The van der Waals surface area contributed by atoms with Gasteiger partial charge in [0, 0.05) is 0 Å². The number of fused-ring (bicyclic) bond motifs is 1. The van der Waals surface area contributed by atoms with Crippen LogP contribution < -0.4 is 9.47 Å². The molecule has 0 aliphatic heterocycles. The van der Waals surface area contributed by atoms with Crippen LogP contribution in [0.5, 0.6) is 11.5 Å². The molecule has 0 amide bonds. The molecule has 0 saturated carbocycles. The Morgan fingerprint density at radius 2 is 1.97 bits per heavy atom. The van der Waals surface area contributed by atoms with E-state index in [0.29, 0.717) is 30.4 Å². The topological polar surface area (TPSA) is 70.9 Å². The number of hydrogen-bond donors (Lipinski definition) is 1. The molecule has 0 atom stereocenters. The lowest BCUT2D eigenvalue weighted by Gasteiger charge is -2.12. The fourth-order valence-electron chi connectivity index (χ4n) is 3.11. The Morgan fingerprint density at radius 1 is 1.10 bits per heavy atom. The van der Waals surface area contributed by atoms with E-state index in [2.05, 4.69) is 23.0 Å². The molecule has 0 fully saturated rings. The van der Waals surface area contributed by atoms with Gasteiger partial charge in [0.05, 0.1) is 29.8 Å². The largest absolute Gasteiger partial charge is 0.490 e. The lowest BCUT2D eigenvalue weighted by Crippen LogP contribution is -2.01. The minimum Gasteiger partial charge on any atom is -0.490 e. The van der Waals surface area contributed by atoms with Gasteiger partial charge in [-0.15, -0.1) is 0 Å². The second-order valence-electron chi connectivity index (χ2n) is 6.97. The molecule has 0 radical (unpaired) electrons. The van der Waals surface area contributed by atoms with Crippen molar-refractivity contribution in [3.8, 4) is 17.6 Å². The second kappa shape index (κ2) is 9.79. The first kappa shape index (κ1) is 20.5. The molecule has 1 N–H and O–H groups in total.